The lowest BCUT2D eigenvalue weighted by atomic mass is 10.1. The van der Waals surface area contributed by atoms with Crippen LogP contribution in [0.3, 0.4) is 0 Å². The molecule has 1 aromatic rings. The van der Waals surface area contributed by atoms with Gasteiger partial charge in [-0.05, 0) is 12.5 Å². The second-order valence-corrected chi connectivity index (χ2v) is 3.71. The SMILES string of the molecule is N=C1CCSc2ccccc21. The van der Waals surface area contributed by atoms with E-state index in [2.05, 4.69) is 6.07 Å². The van der Waals surface area contributed by atoms with Crippen LogP contribution in [-0.4, -0.2) is 11.5 Å². The van der Waals surface area contributed by atoms with E-state index in [0.717, 1.165) is 23.4 Å². The van der Waals surface area contributed by atoms with Crippen LogP contribution in [0.2, 0.25) is 0 Å². The maximum absolute atomic E-state index is 7.66. The van der Waals surface area contributed by atoms with Gasteiger partial charge in [-0.25, -0.2) is 0 Å². The first-order valence-corrected chi connectivity index (χ1v) is 4.66. The van der Waals surface area contributed by atoms with Crippen molar-refractivity contribution in [3.05, 3.63) is 29.8 Å². The molecule has 0 aliphatic carbocycles. The Kier molecular flexibility index (Phi) is 1.70. The van der Waals surface area contributed by atoms with Crippen LogP contribution in [0.5, 0.6) is 0 Å². The third-order valence-corrected chi connectivity index (χ3v) is 2.90. The Labute approximate surface area is 70.3 Å². The molecule has 0 radical (unpaired) electrons. The highest BCUT2D eigenvalue weighted by atomic mass is 32.2. The summed E-state index contributed by atoms with van der Waals surface area (Å²) in [5.74, 6) is 1.07. The van der Waals surface area contributed by atoms with Gasteiger partial charge in [-0.2, -0.15) is 0 Å². The van der Waals surface area contributed by atoms with E-state index in [0.29, 0.717) is 0 Å². The molecule has 1 heterocycles. The smallest absolute Gasteiger partial charge is 0.0405 e. The van der Waals surface area contributed by atoms with Crippen molar-refractivity contribution < 1.29 is 0 Å². The van der Waals surface area contributed by atoms with Gasteiger partial charge in [-0.3, -0.25) is 0 Å². The first kappa shape index (κ1) is 6.92. The average Bonchev–Trinajstić information content (AvgIpc) is 2.06. The number of hydrogen-bond acceptors (Lipinski definition) is 2. The number of rotatable bonds is 0. The first-order chi connectivity index (χ1) is 5.38. The van der Waals surface area contributed by atoms with Gasteiger partial charge in [0.1, 0.15) is 0 Å². The van der Waals surface area contributed by atoms with E-state index in [1.165, 1.54) is 4.90 Å². The van der Waals surface area contributed by atoms with Crippen molar-refractivity contribution in [3.63, 3.8) is 0 Å². The zero-order valence-corrected chi connectivity index (χ0v) is 6.95. The van der Waals surface area contributed by atoms with Gasteiger partial charge in [0.05, 0.1) is 0 Å². The zero-order valence-electron chi connectivity index (χ0n) is 6.13. The van der Waals surface area contributed by atoms with Crippen molar-refractivity contribution >= 4 is 17.5 Å². The van der Waals surface area contributed by atoms with Gasteiger partial charge in [-0.1, -0.05) is 18.2 Å². The molecule has 56 valence electrons. The Balaban J connectivity index is 2.52. The largest absolute Gasteiger partial charge is 0.305 e. The average molecular weight is 163 g/mol. The van der Waals surface area contributed by atoms with Gasteiger partial charge in [0.15, 0.2) is 0 Å². The summed E-state index contributed by atoms with van der Waals surface area (Å²) >= 11 is 1.85. The molecule has 1 nitrogen and oxygen atoms in total. The molecule has 0 unspecified atom stereocenters. The van der Waals surface area contributed by atoms with E-state index < -0.39 is 0 Å². The van der Waals surface area contributed by atoms with E-state index in [4.69, 9.17) is 5.41 Å². The Hall–Kier alpha value is -0.760. The number of hydrogen-bond donors (Lipinski definition) is 1. The fraction of sp³-hybridized carbons (Fsp3) is 0.222. The van der Waals surface area contributed by atoms with E-state index in [1.807, 2.05) is 30.0 Å². The van der Waals surface area contributed by atoms with Crippen LogP contribution in [0.1, 0.15) is 12.0 Å². The molecule has 11 heavy (non-hydrogen) atoms. The maximum Gasteiger partial charge on any atom is 0.0405 e. The van der Waals surface area contributed by atoms with E-state index in [-0.39, 0.29) is 0 Å². The topological polar surface area (TPSA) is 23.9 Å². The molecule has 0 aromatic heterocycles. The highest BCUT2D eigenvalue weighted by Crippen LogP contribution is 2.28. The predicted molar refractivity (Wildman–Crippen MR) is 48.6 cm³/mol. The molecule has 1 aliphatic rings. The normalized spacial score (nSPS) is 16.2. The van der Waals surface area contributed by atoms with Gasteiger partial charge < -0.3 is 5.41 Å². The van der Waals surface area contributed by atoms with Crippen LogP contribution >= 0.6 is 11.8 Å². The summed E-state index contributed by atoms with van der Waals surface area (Å²) in [6.45, 7) is 0. The molecule has 0 amide bonds. The lowest BCUT2D eigenvalue weighted by molar-refractivity contribution is 1.20. The quantitative estimate of drug-likeness (QED) is 0.624. The second-order valence-electron chi connectivity index (χ2n) is 2.57. The minimum atomic E-state index is 0.791. The standard InChI is InChI=1S/C9H9NS/c10-8-5-6-11-9-4-2-1-3-7(8)9/h1-4,10H,5-6H2. The molecule has 0 saturated heterocycles. The molecule has 0 bridgehead atoms. The monoisotopic (exact) mass is 163 g/mol. The van der Waals surface area contributed by atoms with Gasteiger partial charge >= 0.3 is 0 Å². The summed E-state index contributed by atoms with van der Waals surface area (Å²) in [6.07, 6.45) is 0.918. The van der Waals surface area contributed by atoms with Crippen molar-refractivity contribution in [3.8, 4) is 0 Å². The molecule has 0 saturated carbocycles. The molecule has 2 heteroatoms. The van der Waals surface area contributed by atoms with Crippen LogP contribution in [0.4, 0.5) is 0 Å². The summed E-state index contributed by atoms with van der Waals surface area (Å²) in [7, 11) is 0. The van der Waals surface area contributed by atoms with Crippen LogP contribution in [0, 0.1) is 5.41 Å². The molecule has 1 N–H and O–H groups in total. The van der Waals surface area contributed by atoms with Crippen molar-refractivity contribution in [2.45, 2.75) is 11.3 Å². The molecular formula is C9H9NS. The van der Waals surface area contributed by atoms with E-state index in [9.17, 15) is 0 Å². The third kappa shape index (κ3) is 1.18. The van der Waals surface area contributed by atoms with Gasteiger partial charge in [0.2, 0.25) is 0 Å². The Morgan fingerprint density at radius 2 is 2.09 bits per heavy atom. The molecular weight excluding hydrogens is 154 g/mol. The Morgan fingerprint density at radius 1 is 1.27 bits per heavy atom. The summed E-state index contributed by atoms with van der Waals surface area (Å²) in [5.41, 5.74) is 1.92. The van der Waals surface area contributed by atoms with Gasteiger partial charge in [-0.15, -0.1) is 11.8 Å². The fourth-order valence-corrected chi connectivity index (χ4v) is 2.29. The molecule has 1 aromatic carbocycles. The second kappa shape index (κ2) is 2.70. The Morgan fingerprint density at radius 3 is 2.91 bits per heavy atom. The molecule has 0 atom stereocenters. The highest BCUT2D eigenvalue weighted by Gasteiger charge is 2.12. The zero-order chi connectivity index (χ0) is 7.68. The minimum absolute atomic E-state index is 0.791. The summed E-state index contributed by atoms with van der Waals surface area (Å²) in [6, 6.07) is 8.15. The summed E-state index contributed by atoms with van der Waals surface area (Å²) < 4.78 is 0. The Bertz CT molecular complexity index is 293. The predicted octanol–water partition coefficient (Wildman–Crippen LogP) is 2.55. The molecule has 1 aliphatic heterocycles. The molecule has 0 spiro atoms. The van der Waals surface area contributed by atoms with Crippen LogP contribution in [0.25, 0.3) is 0 Å². The van der Waals surface area contributed by atoms with Gasteiger partial charge in [0.25, 0.3) is 0 Å². The number of fused-ring (bicyclic) bond motifs is 1. The number of thioether (sulfide) groups is 1. The van der Waals surface area contributed by atoms with Crippen LogP contribution < -0.4 is 0 Å². The van der Waals surface area contributed by atoms with Crippen molar-refractivity contribution in [1.82, 2.24) is 0 Å². The minimum Gasteiger partial charge on any atom is -0.305 e. The van der Waals surface area contributed by atoms with Crippen molar-refractivity contribution in [2.75, 3.05) is 5.75 Å². The molecule has 2 rings (SSSR count). The summed E-state index contributed by atoms with van der Waals surface area (Å²) in [4.78, 5) is 1.27. The van der Waals surface area contributed by atoms with E-state index in [1.54, 1.807) is 0 Å². The van der Waals surface area contributed by atoms with Crippen LogP contribution in [-0.2, 0) is 0 Å². The highest BCUT2D eigenvalue weighted by molar-refractivity contribution is 7.99. The summed E-state index contributed by atoms with van der Waals surface area (Å²) in [5, 5.41) is 7.66. The lowest BCUT2D eigenvalue weighted by Crippen LogP contribution is -2.07. The van der Waals surface area contributed by atoms with E-state index >= 15 is 0 Å². The van der Waals surface area contributed by atoms with Crippen molar-refractivity contribution in [1.29, 1.82) is 5.41 Å². The lowest BCUT2D eigenvalue weighted by Gasteiger charge is -2.14. The maximum atomic E-state index is 7.66. The van der Waals surface area contributed by atoms with Gasteiger partial charge in [0, 0.05) is 21.9 Å². The fourth-order valence-electron chi connectivity index (χ4n) is 1.24. The van der Waals surface area contributed by atoms with Crippen molar-refractivity contribution in [2.24, 2.45) is 0 Å². The first-order valence-electron chi connectivity index (χ1n) is 3.67. The third-order valence-electron chi connectivity index (χ3n) is 1.82. The number of nitrogens with one attached hydrogen (secondary N) is 1. The van der Waals surface area contributed by atoms with Crippen LogP contribution in [0.15, 0.2) is 29.2 Å². The molecule has 0 fully saturated rings. The number of benzene rings is 1.